The van der Waals surface area contributed by atoms with Gasteiger partial charge in [0.2, 0.25) is 5.91 Å². The normalized spacial score (nSPS) is 12.4. The summed E-state index contributed by atoms with van der Waals surface area (Å²) in [5.41, 5.74) is 0. The number of rotatable bonds is 71. The van der Waals surface area contributed by atoms with Crippen LogP contribution >= 0.6 is 0 Å². The number of hydrogen-bond acceptors (Lipinski definition) is 5. The number of unbranched alkanes of at least 4 members (excludes halogenated alkanes) is 60. The maximum atomic E-state index is 12.6. The molecule has 0 aromatic heterocycles. The number of ether oxygens (including phenoxy) is 1. The molecule has 0 saturated carbocycles. The number of aliphatic hydroxyl groups is 2. The Labute approximate surface area is 502 Å². The molecule has 2 unspecified atom stereocenters. The highest BCUT2D eigenvalue weighted by atomic mass is 16.5. The quantitative estimate of drug-likeness (QED) is 0.0417. The molecule has 0 aliphatic heterocycles. The minimum atomic E-state index is -0.665. The van der Waals surface area contributed by atoms with Crippen LogP contribution in [0.5, 0.6) is 0 Å². The third kappa shape index (κ3) is 66.0. The van der Waals surface area contributed by atoms with Crippen molar-refractivity contribution < 1.29 is 24.5 Å². The molecular formula is C74H147NO5. The number of amides is 1. The van der Waals surface area contributed by atoms with Gasteiger partial charge in [0.25, 0.3) is 0 Å². The van der Waals surface area contributed by atoms with E-state index in [1.807, 2.05) is 0 Å². The summed E-state index contributed by atoms with van der Waals surface area (Å²) in [6.45, 7) is 5.01. The van der Waals surface area contributed by atoms with Crippen LogP contribution in [0.25, 0.3) is 0 Å². The van der Waals surface area contributed by atoms with Crippen LogP contribution in [0.15, 0.2) is 0 Å². The highest BCUT2D eigenvalue weighted by Crippen LogP contribution is 2.20. The first-order chi connectivity index (χ1) is 39.5. The van der Waals surface area contributed by atoms with Crippen LogP contribution in [0.3, 0.4) is 0 Å². The molecule has 6 nitrogen and oxygen atoms in total. The third-order valence-corrected chi connectivity index (χ3v) is 17.9. The monoisotopic (exact) mass is 1130 g/mol. The molecule has 80 heavy (non-hydrogen) atoms. The standard InChI is InChI=1S/C74H147NO5/c1-3-5-7-9-11-13-15-17-19-21-22-23-24-25-26-29-32-35-38-42-46-50-54-58-62-66-72(77)71(70-76)75-73(78)67-63-59-55-51-47-43-39-36-33-30-27-28-31-34-37-41-45-49-53-57-61-65-69-80-74(79)68-64-60-56-52-48-44-40-20-18-16-14-12-10-8-6-4-2/h71-72,76-77H,3-70H2,1-2H3,(H,75,78). The van der Waals surface area contributed by atoms with Crippen molar-refractivity contribution in [1.82, 2.24) is 5.32 Å². The van der Waals surface area contributed by atoms with Gasteiger partial charge in [-0.25, -0.2) is 0 Å². The van der Waals surface area contributed by atoms with Crippen LogP contribution in [0.2, 0.25) is 0 Å². The van der Waals surface area contributed by atoms with Gasteiger partial charge in [0.1, 0.15) is 0 Å². The van der Waals surface area contributed by atoms with Gasteiger partial charge in [0.05, 0.1) is 25.4 Å². The minimum absolute atomic E-state index is 0.0186. The van der Waals surface area contributed by atoms with Crippen LogP contribution in [0.4, 0.5) is 0 Å². The zero-order valence-corrected chi connectivity index (χ0v) is 54.9. The molecule has 1 amide bonds. The largest absolute Gasteiger partial charge is 0.466 e. The Balaban J connectivity index is 3.36. The average molecular weight is 1130 g/mol. The van der Waals surface area contributed by atoms with E-state index in [2.05, 4.69) is 19.2 Å². The van der Waals surface area contributed by atoms with E-state index in [4.69, 9.17) is 4.74 Å². The summed E-state index contributed by atoms with van der Waals surface area (Å²) in [5, 5.41) is 23.5. The molecule has 0 aromatic rings. The molecule has 3 N–H and O–H groups in total. The number of esters is 1. The van der Waals surface area contributed by atoms with Crippen molar-refractivity contribution in [2.75, 3.05) is 13.2 Å². The molecule has 478 valence electrons. The summed E-state index contributed by atoms with van der Waals surface area (Å²) in [4.78, 5) is 24.7. The first-order valence-corrected chi connectivity index (χ1v) is 37.3. The lowest BCUT2D eigenvalue weighted by Crippen LogP contribution is -2.45. The van der Waals surface area contributed by atoms with Gasteiger partial charge in [-0.1, -0.05) is 399 Å². The first-order valence-electron chi connectivity index (χ1n) is 37.3. The molecule has 0 rings (SSSR count). The van der Waals surface area contributed by atoms with E-state index in [0.29, 0.717) is 25.9 Å². The summed E-state index contributed by atoms with van der Waals surface area (Å²) < 4.78 is 5.51. The van der Waals surface area contributed by atoms with Gasteiger partial charge in [-0.15, -0.1) is 0 Å². The number of nitrogens with one attached hydrogen (secondary N) is 1. The van der Waals surface area contributed by atoms with E-state index in [-0.39, 0.29) is 18.5 Å². The van der Waals surface area contributed by atoms with Crippen LogP contribution in [0, 0.1) is 0 Å². The van der Waals surface area contributed by atoms with Gasteiger partial charge >= 0.3 is 5.97 Å². The second kappa shape index (κ2) is 70.3. The molecule has 0 heterocycles. The maximum absolute atomic E-state index is 12.6. The average Bonchev–Trinajstić information content (AvgIpc) is 3.46. The van der Waals surface area contributed by atoms with Crippen molar-refractivity contribution in [3.8, 4) is 0 Å². The highest BCUT2D eigenvalue weighted by Gasteiger charge is 2.20. The number of carbonyl (C=O) groups is 2. The summed E-state index contributed by atoms with van der Waals surface area (Å²) >= 11 is 0. The van der Waals surface area contributed by atoms with Crippen molar-refractivity contribution in [2.24, 2.45) is 0 Å². The Hall–Kier alpha value is -1.14. The zero-order chi connectivity index (χ0) is 57.8. The van der Waals surface area contributed by atoms with Gasteiger partial charge in [0, 0.05) is 12.8 Å². The fourth-order valence-electron chi connectivity index (χ4n) is 12.2. The second-order valence-electron chi connectivity index (χ2n) is 26.0. The van der Waals surface area contributed by atoms with E-state index in [1.165, 1.54) is 366 Å². The van der Waals surface area contributed by atoms with Crippen molar-refractivity contribution in [1.29, 1.82) is 0 Å². The van der Waals surface area contributed by atoms with Crippen LogP contribution in [-0.4, -0.2) is 47.4 Å². The van der Waals surface area contributed by atoms with Crippen LogP contribution < -0.4 is 5.32 Å². The molecule has 0 aliphatic carbocycles. The van der Waals surface area contributed by atoms with E-state index in [9.17, 15) is 19.8 Å². The molecule has 0 radical (unpaired) electrons. The predicted molar refractivity (Wildman–Crippen MR) is 352 cm³/mol. The minimum Gasteiger partial charge on any atom is -0.466 e. The predicted octanol–water partition coefficient (Wildman–Crippen LogP) is 24.2. The molecule has 0 bridgehead atoms. The van der Waals surface area contributed by atoms with Crippen molar-refractivity contribution in [3.05, 3.63) is 0 Å². The van der Waals surface area contributed by atoms with E-state index < -0.39 is 12.1 Å². The third-order valence-electron chi connectivity index (χ3n) is 17.9. The smallest absolute Gasteiger partial charge is 0.305 e. The SMILES string of the molecule is CCCCCCCCCCCCCCCCCCCCCCCCCCCC(O)C(CO)NC(=O)CCCCCCCCCCCCCCCCCCCCCCCCOC(=O)CCCCCCCCCCCCCCCCCC. The summed E-state index contributed by atoms with van der Waals surface area (Å²) in [6.07, 6.45) is 85.9. The molecular weight excluding hydrogens is 983 g/mol. The molecule has 0 saturated heterocycles. The Bertz CT molecular complexity index is 1160. The topological polar surface area (TPSA) is 95.9 Å². The van der Waals surface area contributed by atoms with Crippen LogP contribution in [-0.2, 0) is 14.3 Å². The zero-order valence-electron chi connectivity index (χ0n) is 54.9. The van der Waals surface area contributed by atoms with Gasteiger partial charge < -0.3 is 20.3 Å². The summed E-state index contributed by atoms with van der Waals surface area (Å²) in [6, 6.07) is -0.542. The van der Waals surface area contributed by atoms with Crippen molar-refractivity contribution in [3.63, 3.8) is 0 Å². The summed E-state index contributed by atoms with van der Waals surface area (Å²) in [7, 11) is 0. The fourth-order valence-corrected chi connectivity index (χ4v) is 12.2. The number of aliphatic hydroxyl groups excluding tert-OH is 2. The Kier molecular flexibility index (Phi) is 69.3. The Morgan fingerprint density at radius 3 is 0.762 bits per heavy atom. The number of hydrogen-bond donors (Lipinski definition) is 3. The lowest BCUT2D eigenvalue weighted by Gasteiger charge is -2.22. The molecule has 0 aliphatic rings. The van der Waals surface area contributed by atoms with Gasteiger partial charge in [-0.05, 0) is 25.7 Å². The molecule has 0 aromatic carbocycles. The Morgan fingerprint density at radius 2 is 0.512 bits per heavy atom. The Morgan fingerprint density at radius 1 is 0.300 bits per heavy atom. The highest BCUT2D eigenvalue weighted by molar-refractivity contribution is 5.76. The van der Waals surface area contributed by atoms with Crippen LogP contribution in [0.1, 0.15) is 438 Å². The molecule has 6 heteroatoms. The lowest BCUT2D eigenvalue weighted by molar-refractivity contribution is -0.143. The number of carbonyl (C=O) groups excluding carboxylic acids is 2. The second-order valence-corrected chi connectivity index (χ2v) is 26.0. The van der Waals surface area contributed by atoms with Crippen molar-refractivity contribution in [2.45, 2.75) is 450 Å². The fraction of sp³-hybridized carbons (Fsp3) is 0.973. The molecule has 2 atom stereocenters. The molecule has 0 fully saturated rings. The van der Waals surface area contributed by atoms with E-state index >= 15 is 0 Å². The summed E-state index contributed by atoms with van der Waals surface area (Å²) in [5.74, 6) is -0.0101. The van der Waals surface area contributed by atoms with E-state index in [1.54, 1.807) is 0 Å². The molecule has 0 spiro atoms. The van der Waals surface area contributed by atoms with E-state index in [0.717, 1.165) is 38.5 Å². The van der Waals surface area contributed by atoms with Gasteiger partial charge in [-0.3, -0.25) is 9.59 Å². The maximum Gasteiger partial charge on any atom is 0.305 e. The van der Waals surface area contributed by atoms with Gasteiger partial charge in [0.15, 0.2) is 0 Å². The van der Waals surface area contributed by atoms with Crippen molar-refractivity contribution >= 4 is 11.9 Å². The first kappa shape index (κ1) is 78.9. The lowest BCUT2D eigenvalue weighted by atomic mass is 10.0. The van der Waals surface area contributed by atoms with Gasteiger partial charge in [-0.2, -0.15) is 0 Å².